The topological polar surface area (TPSA) is 118 Å². The van der Waals surface area contributed by atoms with Crippen LogP contribution in [-0.4, -0.2) is 70.4 Å². The lowest BCUT2D eigenvalue weighted by Crippen LogP contribution is -2.37. The van der Waals surface area contributed by atoms with Crippen LogP contribution in [0.2, 0.25) is 0 Å². The van der Waals surface area contributed by atoms with Crippen molar-refractivity contribution in [1.29, 1.82) is 0 Å². The molecule has 0 bridgehead atoms. The summed E-state index contributed by atoms with van der Waals surface area (Å²) in [5.41, 5.74) is 2.46. The van der Waals surface area contributed by atoms with Gasteiger partial charge in [0.25, 0.3) is 5.91 Å². The van der Waals surface area contributed by atoms with E-state index in [1.807, 2.05) is 57.2 Å². The molecule has 2 aromatic heterocycles. The highest BCUT2D eigenvalue weighted by Crippen LogP contribution is 2.37. The molecule has 2 amide bonds. The van der Waals surface area contributed by atoms with Crippen molar-refractivity contribution in [1.82, 2.24) is 19.8 Å². The first kappa shape index (κ1) is 30.1. The predicted octanol–water partition coefficient (Wildman–Crippen LogP) is 5.62. The zero-order valence-electron chi connectivity index (χ0n) is 25.0. The number of aromatic nitrogens is 2. The Labute approximate surface area is 251 Å². The second-order valence-electron chi connectivity index (χ2n) is 11.2. The van der Waals surface area contributed by atoms with Gasteiger partial charge in [-0.15, -0.1) is 0 Å². The number of likely N-dealkylation sites (tertiary alicyclic amines) is 1. The Morgan fingerprint density at radius 1 is 1.02 bits per heavy atom. The Bertz CT molecular complexity index is 1570. The molecule has 1 atom stereocenters. The monoisotopic (exact) mass is 585 g/mol. The molecule has 1 aliphatic heterocycles. The smallest absolute Gasteiger partial charge is 0.325 e. The first-order valence-electron chi connectivity index (χ1n) is 14.7. The largest absolute Gasteiger partial charge is 0.487 e. The Morgan fingerprint density at radius 3 is 2.44 bits per heavy atom. The van der Waals surface area contributed by atoms with Crippen LogP contribution < -0.4 is 20.1 Å². The van der Waals surface area contributed by atoms with Gasteiger partial charge in [-0.25, -0.2) is 9.78 Å². The molecule has 0 radical (unpaired) electrons. The average molecular weight is 586 g/mol. The number of rotatable bonds is 9. The van der Waals surface area contributed by atoms with Crippen LogP contribution in [0.25, 0.3) is 10.9 Å². The minimum absolute atomic E-state index is 0.121. The van der Waals surface area contributed by atoms with Crippen molar-refractivity contribution in [3.8, 4) is 17.2 Å². The number of hydrogen-bond donors (Lipinski definition) is 3. The first-order valence-corrected chi connectivity index (χ1v) is 14.7. The molecule has 226 valence electrons. The van der Waals surface area contributed by atoms with Crippen LogP contribution in [0.5, 0.6) is 17.2 Å². The van der Waals surface area contributed by atoms with Crippen molar-refractivity contribution in [2.24, 2.45) is 0 Å². The Balaban J connectivity index is 1.27. The zero-order chi connectivity index (χ0) is 30.5. The lowest BCUT2D eigenvalue weighted by atomic mass is 9.89. The van der Waals surface area contributed by atoms with Crippen LogP contribution in [-0.2, 0) is 0 Å². The summed E-state index contributed by atoms with van der Waals surface area (Å²) in [5, 5.41) is 16.0. The molecule has 10 nitrogen and oxygen atoms in total. The number of hydrogen-bond acceptors (Lipinski definition) is 7. The summed E-state index contributed by atoms with van der Waals surface area (Å²) in [6.07, 6.45) is 4.90. The number of ether oxygens (including phenoxy) is 2. The van der Waals surface area contributed by atoms with Gasteiger partial charge in [-0.1, -0.05) is 12.1 Å². The molecule has 2 aromatic carbocycles. The summed E-state index contributed by atoms with van der Waals surface area (Å²) in [6.45, 7) is 8.29. The van der Waals surface area contributed by atoms with E-state index in [9.17, 15) is 14.7 Å². The van der Waals surface area contributed by atoms with Crippen molar-refractivity contribution in [3.05, 3.63) is 78.1 Å². The van der Waals surface area contributed by atoms with Crippen molar-refractivity contribution in [2.75, 3.05) is 32.0 Å². The lowest BCUT2D eigenvalue weighted by molar-refractivity contribution is 0.102. The van der Waals surface area contributed by atoms with Gasteiger partial charge >= 0.3 is 6.03 Å². The number of benzene rings is 2. The number of nitrogens with one attached hydrogen (secondary N) is 2. The molecule has 0 spiro atoms. The van der Waals surface area contributed by atoms with E-state index in [1.54, 1.807) is 37.6 Å². The van der Waals surface area contributed by atoms with Crippen molar-refractivity contribution in [2.45, 2.75) is 51.7 Å². The Hall–Kier alpha value is -4.41. The third-order valence-electron chi connectivity index (χ3n) is 7.51. The normalized spacial score (nSPS) is 14.9. The van der Waals surface area contributed by atoms with E-state index in [1.165, 1.54) is 10.1 Å². The van der Waals surface area contributed by atoms with Crippen LogP contribution in [0, 0.1) is 0 Å². The molecular weight excluding hydrogens is 546 g/mol. The first-order chi connectivity index (χ1) is 20.7. The number of carbonyl (C=O) groups is 2. The number of piperidine rings is 1. The summed E-state index contributed by atoms with van der Waals surface area (Å²) < 4.78 is 13.7. The second kappa shape index (κ2) is 13.3. The fourth-order valence-corrected chi connectivity index (χ4v) is 5.45. The van der Waals surface area contributed by atoms with Gasteiger partial charge in [0, 0.05) is 49.1 Å². The third kappa shape index (κ3) is 7.33. The fraction of sp³-hybridized carbons (Fsp3) is 0.364. The third-order valence-corrected chi connectivity index (χ3v) is 7.51. The van der Waals surface area contributed by atoms with Crippen LogP contribution in [0.15, 0.2) is 67.0 Å². The second-order valence-corrected chi connectivity index (χ2v) is 11.2. The minimum atomic E-state index is -0.313. The Morgan fingerprint density at radius 2 is 1.77 bits per heavy atom. The Kier molecular flexibility index (Phi) is 9.27. The number of nitrogens with zero attached hydrogens (tertiary/aromatic N) is 3. The van der Waals surface area contributed by atoms with Crippen molar-refractivity contribution < 1.29 is 24.2 Å². The van der Waals surface area contributed by atoms with Crippen molar-refractivity contribution >= 4 is 28.7 Å². The van der Waals surface area contributed by atoms with Gasteiger partial charge in [0.05, 0.1) is 17.7 Å². The maximum absolute atomic E-state index is 13.0. The molecule has 0 aliphatic carbocycles. The standard InChI is InChI=1S/C33H39N5O5/c1-21(2)42-30-19-28-26(12-16-38(28)33(41)34-4)17-29(30)43-27-9-13-35-31(18-27)36-32(40)25-7-5-23(6-8-25)24-10-14-37(15-11-24)20-22(3)39/h5-9,12-13,16-19,21-22,24,39H,10-11,14-15,20H2,1-4H3,(H,34,41)(H,35,36,40). The number of anilines is 1. The van der Waals surface area contributed by atoms with E-state index in [0.717, 1.165) is 31.3 Å². The van der Waals surface area contributed by atoms with Crippen LogP contribution in [0.3, 0.4) is 0 Å². The molecule has 3 N–H and O–H groups in total. The van der Waals surface area contributed by atoms with Crippen LogP contribution in [0.1, 0.15) is 55.5 Å². The number of aliphatic hydroxyl groups is 1. The lowest BCUT2D eigenvalue weighted by Gasteiger charge is -2.32. The number of pyridine rings is 1. The summed E-state index contributed by atoms with van der Waals surface area (Å²) in [5.74, 6) is 1.98. The minimum Gasteiger partial charge on any atom is -0.487 e. The number of fused-ring (bicyclic) bond motifs is 1. The number of amides is 2. The van der Waals surface area contributed by atoms with Gasteiger partial charge in [0.15, 0.2) is 11.5 Å². The molecule has 1 fully saturated rings. The number of carbonyl (C=O) groups excluding carboxylic acids is 2. The molecule has 10 heteroatoms. The maximum Gasteiger partial charge on any atom is 0.325 e. The van der Waals surface area contributed by atoms with Gasteiger partial charge in [-0.2, -0.15) is 0 Å². The van der Waals surface area contributed by atoms with E-state index in [0.29, 0.717) is 46.6 Å². The number of β-amino-alcohol motifs (C(OH)–C–C–N with tert-alkyl or cyclic N) is 1. The highest BCUT2D eigenvalue weighted by molar-refractivity contribution is 6.03. The molecule has 1 aliphatic rings. The maximum atomic E-state index is 13.0. The SMILES string of the molecule is CNC(=O)n1ccc2cc(Oc3ccnc(NC(=O)c4ccc(C5CCN(CC(C)O)CC5)cc4)c3)c(OC(C)C)cc21. The quantitative estimate of drug-likeness (QED) is 0.234. The fourth-order valence-electron chi connectivity index (χ4n) is 5.45. The summed E-state index contributed by atoms with van der Waals surface area (Å²) in [6, 6.07) is 16.3. The van der Waals surface area contributed by atoms with E-state index in [-0.39, 0.29) is 24.1 Å². The average Bonchev–Trinajstić information content (AvgIpc) is 3.39. The van der Waals surface area contributed by atoms with Gasteiger partial charge in [0.2, 0.25) is 0 Å². The number of aliphatic hydroxyl groups excluding tert-OH is 1. The summed E-state index contributed by atoms with van der Waals surface area (Å²) in [7, 11) is 1.58. The summed E-state index contributed by atoms with van der Waals surface area (Å²) in [4.78, 5) is 31.9. The molecule has 0 saturated carbocycles. The molecule has 5 rings (SSSR count). The van der Waals surface area contributed by atoms with Gasteiger partial charge in [0.1, 0.15) is 11.6 Å². The molecule has 3 heterocycles. The zero-order valence-corrected chi connectivity index (χ0v) is 25.0. The van der Waals surface area contributed by atoms with E-state index in [4.69, 9.17) is 9.47 Å². The van der Waals surface area contributed by atoms with Crippen LogP contribution in [0.4, 0.5) is 10.6 Å². The summed E-state index contributed by atoms with van der Waals surface area (Å²) >= 11 is 0. The molecular formula is C33H39N5O5. The van der Waals surface area contributed by atoms with Crippen molar-refractivity contribution in [3.63, 3.8) is 0 Å². The molecule has 1 unspecified atom stereocenters. The van der Waals surface area contributed by atoms with E-state index >= 15 is 0 Å². The predicted molar refractivity (Wildman–Crippen MR) is 166 cm³/mol. The molecule has 4 aromatic rings. The van der Waals surface area contributed by atoms with Gasteiger partial charge < -0.3 is 30.1 Å². The highest BCUT2D eigenvalue weighted by Gasteiger charge is 2.22. The van der Waals surface area contributed by atoms with Gasteiger partial charge in [-0.3, -0.25) is 9.36 Å². The molecule has 43 heavy (non-hydrogen) atoms. The van der Waals surface area contributed by atoms with E-state index in [2.05, 4.69) is 20.5 Å². The highest BCUT2D eigenvalue weighted by atomic mass is 16.5. The molecule has 1 saturated heterocycles. The van der Waals surface area contributed by atoms with Gasteiger partial charge in [-0.05, 0) is 88.5 Å². The van der Waals surface area contributed by atoms with E-state index < -0.39 is 0 Å². The van der Waals surface area contributed by atoms with Crippen LogP contribution >= 0.6 is 0 Å².